The monoisotopic (exact) mass is 354 g/mol. The van der Waals surface area contributed by atoms with Crippen LogP contribution in [0.3, 0.4) is 0 Å². The highest BCUT2D eigenvalue weighted by Gasteiger charge is 2.19. The van der Waals surface area contributed by atoms with E-state index in [1.54, 1.807) is 0 Å². The summed E-state index contributed by atoms with van der Waals surface area (Å²) in [6.07, 6.45) is 12.8. The molecule has 0 radical (unpaired) electrons. The standard InChI is InChI=1S/C19H31PS2/c1-4-7-14-20(15-8-5-2,16-9-6-3)19-21-17-12-10-11-13-18(17)22-19/h10-13H,4-9,14-16H2,1-3H3. The average Bonchev–Trinajstić information content (AvgIpc) is 2.99. The molecule has 0 saturated carbocycles. The average molecular weight is 355 g/mol. The van der Waals surface area contributed by atoms with Crippen molar-refractivity contribution in [1.82, 2.24) is 0 Å². The molecule has 0 aliphatic heterocycles. The minimum absolute atomic E-state index is 0.934. The Hall–Kier alpha value is -0.0400. The second-order valence-electron chi connectivity index (χ2n) is 6.29. The van der Waals surface area contributed by atoms with Gasteiger partial charge in [-0.15, -0.1) is 22.7 Å². The Labute approximate surface area is 144 Å². The van der Waals surface area contributed by atoms with Crippen LogP contribution in [-0.2, 0) is 0 Å². The van der Waals surface area contributed by atoms with Crippen LogP contribution >= 0.6 is 29.6 Å². The van der Waals surface area contributed by atoms with Crippen molar-refractivity contribution < 1.29 is 0 Å². The van der Waals surface area contributed by atoms with E-state index in [0.29, 0.717) is 0 Å². The normalized spacial score (nSPS) is 12.1. The van der Waals surface area contributed by atoms with Gasteiger partial charge in [0.15, 0.2) is 0 Å². The minimum atomic E-state index is -0.934. The summed E-state index contributed by atoms with van der Waals surface area (Å²) in [6.45, 7) is 6.12. The van der Waals surface area contributed by atoms with Crippen molar-refractivity contribution in [1.29, 1.82) is 0 Å². The third-order valence-electron chi connectivity index (χ3n) is 4.45. The highest BCUT2D eigenvalue weighted by molar-refractivity contribution is 7.73. The van der Waals surface area contributed by atoms with E-state index in [1.165, 1.54) is 66.4 Å². The maximum Gasteiger partial charge on any atom is 0.0764 e. The molecule has 3 heteroatoms. The molecule has 1 aromatic heterocycles. The quantitative estimate of drug-likeness (QED) is 0.401. The molecular formula is C19H31PS2. The van der Waals surface area contributed by atoms with Crippen LogP contribution < -0.4 is 0 Å². The Kier molecular flexibility index (Phi) is 7.74. The van der Waals surface area contributed by atoms with Crippen LogP contribution in [-0.4, -0.2) is 18.5 Å². The summed E-state index contributed by atoms with van der Waals surface area (Å²) >= 11 is 4.25. The van der Waals surface area contributed by atoms with Crippen molar-refractivity contribution >= 4 is 39.0 Å². The first-order valence-corrected chi connectivity index (χ1v) is 12.9. The molecule has 0 atom stereocenters. The molecule has 2 aromatic rings. The van der Waals surface area contributed by atoms with Gasteiger partial charge in [0, 0.05) is 9.40 Å². The number of benzene rings is 1. The van der Waals surface area contributed by atoms with Gasteiger partial charge in [0.2, 0.25) is 0 Å². The lowest BCUT2D eigenvalue weighted by Gasteiger charge is -2.25. The third kappa shape index (κ3) is 4.49. The van der Waals surface area contributed by atoms with E-state index >= 15 is 0 Å². The van der Waals surface area contributed by atoms with E-state index in [4.69, 9.17) is 0 Å². The second-order valence-corrected chi connectivity index (χ2v) is 13.3. The number of unbranched alkanes of at least 4 members (excludes halogenated alkanes) is 3. The zero-order valence-corrected chi connectivity index (χ0v) is 17.0. The van der Waals surface area contributed by atoms with Gasteiger partial charge in [-0.05, 0) is 49.9 Å². The Morgan fingerprint density at radius 1 is 0.727 bits per heavy atom. The van der Waals surface area contributed by atoms with Crippen LogP contribution in [0.5, 0.6) is 0 Å². The van der Waals surface area contributed by atoms with Gasteiger partial charge in [0.05, 0.1) is 3.57 Å². The van der Waals surface area contributed by atoms with Gasteiger partial charge in [0.1, 0.15) is 0 Å². The van der Waals surface area contributed by atoms with Crippen molar-refractivity contribution in [2.75, 3.05) is 18.5 Å². The highest BCUT2D eigenvalue weighted by Crippen LogP contribution is 2.56. The molecule has 0 unspecified atom stereocenters. The van der Waals surface area contributed by atoms with Gasteiger partial charge in [-0.25, -0.2) is 0 Å². The summed E-state index contributed by atoms with van der Waals surface area (Å²) in [5.41, 5.74) is 0. The summed E-state index contributed by atoms with van der Waals surface area (Å²) in [4.78, 5) is 0. The summed E-state index contributed by atoms with van der Waals surface area (Å²) in [6, 6.07) is 9.02. The molecule has 0 saturated heterocycles. The molecular weight excluding hydrogens is 323 g/mol. The smallest absolute Gasteiger partial charge is 0.0764 e. The first-order chi connectivity index (χ1) is 10.8. The van der Waals surface area contributed by atoms with E-state index in [1.807, 2.05) is 3.57 Å². The lowest BCUT2D eigenvalue weighted by Crippen LogP contribution is -2.01. The zero-order chi connectivity index (χ0) is 15.8. The van der Waals surface area contributed by atoms with E-state index in [2.05, 4.69) is 67.7 Å². The number of fused-ring (bicyclic) bond motifs is 1. The molecule has 0 spiro atoms. The van der Waals surface area contributed by atoms with Crippen molar-refractivity contribution in [2.24, 2.45) is 0 Å². The Balaban J connectivity index is 2.57. The van der Waals surface area contributed by atoms with Crippen LogP contribution in [0.25, 0.3) is 9.40 Å². The van der Waals surface area contributed by atoms with Crippen LogP contribution in [0.1, 0.15) is 59.3 Å². The van der Waals surface area contributed by atoms with Gasteiger partial charge in [-0.3, -0.25) is 0 Å². The third-order valence-corrected chi connectivity index (χ3v) is 13.7. The number of hydrogen-bond acceptors (Lipinski definition) is 2. The predicted molar refractivity (Wildman–Crippen MR) is 109 cm³/mol. The fourth-order valence-electron chi connectivity index (χ4n) is 3.01. The van der Waals surface area contributed by atoms with Gasteiger partial charge >= 0.3 is 0 Å². The number of hydrogen-bond donors (Lipinski definition) is 0. The first-order valence-electron chi connectivity index (χ1n) is 8.94. The van der Waals surface area contributed by atoms with Crippen LogP contribution in [0.15, 0.2) is 24.3 Å². The molecule has 0 bridgehead atoms. The molecule has 124 valence electrons. The molecule has 22 heavy (non-hydrogen) atoms. The maximum atomic E-state index is 2.35. The maximum absolute atomic E-state index is 2.35. The Bertz CT molecular complexity index is 586. The van der Waals surface area contributed by atoms with Gasteiger partial charge in [-0.1, -0.05) is 59.1 Å². The zero-order valence-electron chi connectivity index (χ0n) is 14.4. The summed E-state index contributed by atoms with van der Waals surface area (Å²) in [5, 5.41) is 0. The lowest BCUT2D eigenvalue weighted by molar-refractivity contribution is 0.843. The van der Waals surface area contributed by atoms with Crippen LogP contribution in [0, 0.1) is 3.57 Å². The number of rotatable bonds is 9. The molecule has 0 nitrogen and oxygen atoms in total. The molecule has 0 fully saturated rings. The Morgan fingerprint density at radius 3 is 1.50 bits per heavy atom. The second kappa shape index (κ2) is 9.30. The molecule has 0 aliphatic rings. The van der Waals surface area contributed by atoms with E-state index in [0.717, 1.165) is 0 Å². The minimum Gasteiger partial charge on any atom is -0.124 e. The fourth-order valence-corrected chi connectivity index (χ4v) is 12.7. The van der Waals surface area contributed by atoms with Gasteiger partial charge < -0.3 is 0 Å². The summed E-state index contributed by atoms with van der Waals surface area (Å²) in [7, 11) is 0. The van der Waals surface area contributed by atoms with E-state index in [-0.39, 0.29) is 0 Å². The molecule has 0 aliphatic carbocycles. The summed E-state index contributed by atoms with van der Waals surface area (Å²) in [5.74, 6) is 0. The van der Waals surface area contributed by atoms with Crippen molar-refractivity contribution in [3.63, 3.8) is 0 Å². The topological polar surface area (TPSA) is 0 Å². The van der Waals surface area contributed by atoms with Crippen LogP contribution in [0.4, 0.5) is 0 Å². The predicted octanol–water partition coefficient (Wildman–Crippen LogP) is 7.91. The van der Waals surface area contributed by atoms with E-state index < -0.39 is 6.89 Å². The van der Waals surface area contributed by atoms with Crippen LogP contribution in [0.2, 0.25) is 0 Å². The molecule has 1 heterocycles. The van der Waals surface area contributed by atoms with Gasteiger partial charge in [0.25, 0.3) is 0 Å². The fraction of sp³-hybridized carbons (Fsp3) is 0.632. The summed E-state index contributed by atoms with van der Waals surface area (Å²) < 4.78 is 4.83. The van der Waals surface area contributed by atoms with Crippen molar-refractivity contribution in [3.05, 3.63) is 27.8 Å². The molecule has 0 N–H and O–H groups in total. The molecule has 0 amide bonds. The molecule has 2 rings (SSSR count). The lowest BCUT2D eigenvalue weighted by atomic mass is 10.4. The highest BCUT2D eigenvalue weighted by atomic mass is 32.2. The first kappa shape index (κ1) is 18.3. The van der Waals surface area contributed by atoms with Crippen molar-refractivity contribution in [3.8, 4) is 0 Å². The molecule has 1 aromatic carbocycles. The van der Waals surface area contributed by atoms with Gasteiger partial charge in [-0.2, -0.15) is 0 Å². The Morgan fingerprint density at radius 2 is 1.14 bits per heavy atom. The largest absolute Gasteiger partial charge is 0.124 e. The van der Waals surface area contributed by atoms with E-state index in [9.17, 15) is 0 Å². The SMILES string of the molecule is CCCCP(CCCC)(CCCC)=c1sc2ccccc2s1. The van der Waals surface area contributed by atoms with Crippen molar-refractivity contribution in [2.45, 2.75) is 59.3 Å².